The fourth-order valence-electron chi connectivity index (χ4n) is 2.12. The first-order chi connectivity index (χ1) is 8.62. The summed E-state index contributed by atoms with van der Waals surface area (Å²) in [4.78, 5) is 12.1. The van der Waals surface area contributed by atoms with Gasteiger partial charge in [-0.3, -0.25) is 4.79 Å². The Balaban J connectivity index is 1.94. The SMILES string of the molecule is CC1(C(=O)OCc2ccccc2Br)CCNCC1. The van der Waals surface area contributed by atoms with Gasteiger partial charge in [0.15, 0.2) is 0 Å². The molecule has 0 unspecified atom stereocenters. The molecule has 1 aromatic carbocycles. The van der Waals surface area contributed by atoms with Crippen molar-refractivity contribution in [3.05, 3.63) is 34.3 Å². The average Bonchev–Trinajstić information content (AvgIpc) is 2.38. The predicted molar refractivity (Wildman–Crippen MR) is 74.1 cm³/mol. The number of esters is 1. The van der Waals surface area contributed by atoms with E-state index >= 15 is 0 Å². The third-order valence-corrected chi connectivity index (χ3v) is 4.29. The molecule has 0 atom stereocenters. The van der Waals surface area contributed by atoms with Crippen molar-refractivity contribution in [2.24, 2.45) is 5.41 Å². The van der Waals surface area contributed by atoms with Crippen molar-refractivity contribution < 1.29 is 9.53 Å². The van der Waals surface area contributed by atoms with Crippen molar-refractivity contribution in [3.63, 3.8) is 0 Å². The van der Waals surface area contributed by atoms with Gasteiger partial charge >= 0.3 is 5.97 Å². The maximum absolute atomic E-state index is 12.1. The van der Waals surface area contributed by atoms with Crippen LogP contribution < -0.4 is 5.32 Å². The van der Waals surface area contributed by atoms with Gasteiger partial charge in [0.25, 0.3) is 0 Å². The summed E-state index contributed by atoms with van der Waals surface area (Å²) in [5.74, 6) is -0.0836. The summed E-state index contributed by atoms with van der Waals surface area (Å²) in [5.41, 5.74) is 0.676. The van der Waals surface area contributed by atoms with Crippen molar-refractivity contribution >= 4 is 21.9 Å². The molecular formula is C14H18BrNO2. The van der Waals surface area contributed by atoms with Gasteiger partial charge in [0.05, 0.1) is 5.41 Å². The molecule has 1 fully saturated rings. The summed E-state index contributed by atoms with van der Waals surface area (Å²) in [5, 5.41) is 3.26. The molecule has 98 valence electrons. The number of carbonyl (C=O) groups excluding carboxylic acids is 1. The van der Waals surface area contributed by atoms with Crippen LogP contribution in [0.1, 0.15) is 25.3 Å². The minimum Gasteiger partial charge on any atom is -0.460 e. The summed E-state index contributed by atoms with van der Waals surface area (Å²) >= 11 is 3.45. The molecule has 1 saturated heterocycles. The number of hydrogen-bond donors (Lipinski definition) is 1. The van der Waals surface area contributed by atoms with Crippen LogP contribution in [0.25, 0.3) is 0 Å². The van der Waals surface area contributed by atoms with E-state index in [1.54, 1.807) is 0 Å². The first-order valence-corrected chi connectivity index (χ1v) is 7.02. The second-order valence-corrected chi connectivity index (χ2v) is 5.83. The van der Waals surface area contributed by atoms with Crippen molar-refractivity contribution in [3.8, 4) is 0 Å². The topological polar surface area (TPSA) is 38.3 Å². The summed E-state index contributed by atoms with van der Waals surface area (Å²) in [7, 11) is 0. The monoisotopic (exact) mass is 311 g/mol. The zero-order valence-corrected chi connectivity index (χ0v) is 12.1. The number of ether oxygens (including phenoxy) is 1. The number of benzene rings is 1. The van der Waals surface area contributed by atoms with Gasteiger partial charge in [0.1, 0.15) is 6.61 Å². The van der Waals surface area contributed by atoms with Crippen molar-refractivity contribution in [1.29, 1.82) is 0 Å². The molecule has 0 radical (unpaired) electrons. The molecule has 4 heteroatoms. The van der Waals surface area contributed by atoms with Crippen LogP contribution in [-0.2, 0) is 16.1 Å². The lowest BCUT2D eigenvalue weighted by atomic mass is 9.81. The van der Waals surface area contributed by atoms with Crippen molar-refractivity contribution in [2.75, 3.05) is 13.1 Å². The van der Waals surface area contributed by atoms with E-state index in [4.69, 9.17) is 4.74 Å². The second-order valence-electron chi connectivity index (χ2n) is 4.98. The molecule has 1 aromatic rings. The summed E-state index contributed by atoms with van der Waals surface area (Å²) in [6.07, 6.45) is 1.70. The van der Waals surface area contributed by atoms with Gasteiger partial charge in [-0.15, -0.1) is 0 Å². The van der Waals surface area contributed by atoms with E-state index in [1.807, 2.05) is 31.2 Å². The molecule has 1 aliphatic rings. The van der Waals surface area contributed by atoms with Crippen LogP contribution in [0.3, 0.4) is 0 Å². The lowest BCUT2D eigenvalue weighted by molar-refractivity contribution is -0.157. The first-order valence-electron chi connectivity index (χ1n) is 6.23. The molecule has 0 amide bonds. The average molecular weight is 312 g/mol. The third kappa shape index (κ3) is 3.12. The molecule has 2 rings (SSSR count). The van der Waals surface area contributed by atoms with Crippen LogP contribution in [-0.4, -0.2) is 19.1 Å². The Morgan fingerprint density at radius 1 is 1.39 bits per heavy atom. The first kappa shape index (κ1) is 13.6. The summed E-state index contributed by atoms with van der Waals surface area (Å²) in [6.45, 7) is 4.11. The highest BCUT2D eigenvalue weighted by molar-refractivity contribution is 9.10. The Morgan fingerprint density at radius 2 is 2.06 bits per heavy atom. The van der Waals surface area contributed by atoms with Crippen LogP contribution in [0.5, 0.6) is 0 Å². The Labute approximate surface area is 116 Å². The van der Waals surface area contributed by atoms with Gasteiger partial charge in [-0.1, -0.05) is 34.1 Å². The summed E-state index contributed by atoms with van der Waals surface area (Å²) in [6, 6.07) is 7.81. The Bertz CT molecular complexity index is 428. The molecule has 0 spiro atoms. The molecule has 3 nitrogen and oxygen atoms in total. The van der Waals surface area contributed by atoms with Crippen LogP contribution in [0.2, 0.25) is 0 Å². The van der Waals surface area contributed by atoms with Crippen molar-refractivity contribution in [1.82, 2.24) is 5.32 Å². The van der Waals surface area contributed by atoms with Crippen LogP contribution in [0.15, 0.2) is 28.7 Å². The zero-order valence-electron chi connectivity index (χ0n) is 10.5. The molecule has 1 aliphatic heterocycles. The lowest BCUT2D eigenvalue weighted by Gasteiger charge is -2.31. The third-order valence-electron chi connectivity index (χ3n) is 3.52. The largest absolute Gasteiger partial charge is 0.460 e. The van der Waals surface area contributed by atoms with Crippen LogP contribution in [0.4, 0.5) is 0 Å². The molecule has 0 aromatic heterocycles. The molecule has 18 heavy (non-hydrogen) atoms. The van der Waals surface area contributed by atoms with Gasteiger partial charge in [0.2, 0.25) is 0 Å². The van der Waals surface area contributed by atoms with Gasteiger partial charge in [-0.05, 0) is 38.9 Å². The van der Waals surface area contributed by atoms with E-state index in [9.17, 15) is 4.79 Å². The highest BCUT2D eigenvalue weighted by Gasteiger charge is 2.36. The van der Waals surface area contributed by atoms with E-state index in [0.29, 0.717) is 6.61 Å². The van der Waals surface area contributed by atoms with E-state index in [1.165, 1.54) is 0 Å². The Hall–Kier alpha value is -0.870. The van der Waals surface area contributed by atoms with E-state index in [2.05, 4.69) is 21.2 Å². The quantitative estimate of drug-likeness (QED) is 0.872. The van der Waals surface area contributed by atoms with E-state index < -0.39 is 0 Å². The van der Waals surface area contributed by atoms with Crippen LogP contribution in [0, 0.1) is 5.41 Å². The van der Waals surface area contributed by atoms with E-state index in [-0.39, 0.29) is 11.4 Å². The number of carbonyl (C=O) groups is 1. The van der Waals surface area contributed by atoms with Crippen molar-refractivity contribution in [2.45, 2.75) is 26.4 Å². The van der Waals surface area contributed by atoms with Gasteiger partial charge in [0, 0.05) is 10.0 Å². The van der Waals surface area contributed by atoms with Gasteiger partial charge < -0.3 is 10.1 Å². The van der Waals surface area contributed by atoms with Gasteiger partial charge in [-0.2, -0.15) is 0 Å². The van der Waals surface area contributed by atoms with E-state index in [0.717, 1.165) is 36.0 Å². The predicted octanol–water partition coefficient (Wildman–Crippen LogP) is 2.88. The number of hydrogen-bond acceptors (Lipinski definition) is 3. The Morgan fingerprint density at radius 3 is 2.72 bits per heavy atom. The maximum atomic E-state index is 12.1. The molecule has 0 bridgehead atoms. The highest BCUT2D eigenvalue weighted by atomic mass is 79.9. The normalized spacial score (nSPS) is 18.3. The fraction of sp³-hybridized carbons (Fsp3) is 0.500. The number of halogens is 1. The molecule has 1 N–H and O–H groups in total. The second kappa shape index (κ2) is 5.85. The summed E-state index contributed by atoms with van der Waals surface area (Å²) < 4.78 is 6.43. The van der Waals surface area contributed by atoms with Crippen LogP contribution >= 0.6 is 15.9 Å². The molecular weight excluding hydrogens is 294 g/mol. The molecule has 0 saturated carbocycles. The minimum absolute atomic E-state index is 0.0836. The number of rotatable bonds is 3. The van der Waals surface area contributed by atoms with Gasteiger partial charge in [-0.25, -0.2) is 0 Å². The number of piperidine rings is 1. The Kier molecular flexibility index (Phi) is 4.40. The lowest BCUT2D eigenvalue weighted by Crippen LogP contribution is -2.40. The fourth-order valence-corrected chi connectivity index (χ4v) is 2.51. The molecule has 0 aliphatic carbocycles. The minimum atomic E-state index is -0.327. The highest BCUT2D eigenvalue weighted by Crippen LogP contribution is 2.30. The zero-order chi connectivity index (χ0) is 13.0. The standard InChI is InChI=1S/C14H18BrNO2/c1-14(6-8-16-9-7-14)13(17)18-10-11-4-2-3-5-12(11)15/h2-5,16H,6-10H2,1H3. The maximum Gasteiger partial charge on any atom is 0.312 e. The number of nitrogens with one attached hydrogen (secondary N) is 1. The molecule has 1 heterocycles. The smallest absolute Gasteiger partial charge is 0.312 e.